The molecule has 3 heteroatoms. The molecule has 0 aliphatic rings. The van der Waals surface area contributed by atoms with Crippen molar-refractivity contribution in [1.29, 1.82) is 0 Å². The summed E-state index contributed by atoms with van der Waals surface area (Å²) in [6, 6.07) is 3.65. The van der Waals surface area contributed by atoms with Crippen LogP contribution in [-0.2, 0) is 0 Å². The van der Waals surface area contributed by atoms with Crippen LogP contribution < -0.4 is 0 Å². The maximum absolute atomic E-state index is 3.53. The second-order valence-corrected chi connectivity index (χ2v) is 0.914. The highest BCUT2D eigenvalue weighted by molar-refractivity contribution is 4.79. The van der Waals surface area contributed by atoms with E-state index in [4.69, 9.17) is 0 Å². The molecule has 38 valence electrons. The van der Waals surface area contributed by atoms with Gasteiger partial charge in [0.15, 0.2) is 0 Å². The molecule has 0 unspecified atom stereocenters. The van der Waals surface area contributed by atoms with Crippen LogP contribution in [0.1, 0.15) is 0 Å². The van der Waals surface area contributed by atoms with E-state index in [-0.39, 0.29) is 4.70 Å². The van der Waals surface area contributed by atoms with E-state index >= 15 is 0 Å². The molecule has 0 saturated carbocycles. The van der Waals surface area contributed by atoms with E-state index in [1.165, 1.54) is 0 Å². The van der Waals surface area contributed by atoms with Crippen LogP contribution in [0.2, 0.25) is 0 Å². The zero-order chi connectivity index (χ0) is 4.24. The lowest BCUT2D eigenvalue weighted by atomic mass is 10.6. The summed E-state index contributed by atoms with van der Waals surface area (Å²) in [5, 5.41) is 7.07. The van der Waals surface area contributed by atoms with Crippen LogP contribution in [0.15, 0.2) is 24.5 Å². The molecule has 7 heavy (non-hydrogen) atoms. The molecule has 0 atom stereocenters. The van der Waals surface area contributed by atoms with Crippen molar-refractivity contribution in [1.82, 2.24) is 10.2 Å². The number of nitrogens with zero attached hydrogens (tertiary/aromatic N) is 2. The Bertz CT molecular complexity index is 81.6. The molecule has 0 spiro atoms. The fourth-order valence-corrected chi connectivity index (χ4v) is 0.253. The minimum atomic E-state index is 0. The lowest BCUT2D eigenvalue weighted by Gasteiger charge is -1.69. The van der Waals surface area contributed by atoms with Gasteiger partial charge in [0.05, 0.1) is 0 Å². The molecular weight excluding hydrogens is 95.1 g/mol. The van der Waals surface area contributed by atoms with Gasteiger partial charge < -0.3 is 0 Å². The Balaban J connectivity index is 0.000000360. The third-order valence-corrected chi connectivity index (χ3v) is 0.483. The van der Waals surface area contributed by atoms with Crippen LogP contribution in [0.5, 0.6) is 0 Å². The van der Waals surface area contributed by atoms with Crippen LogP contribution in [0.4, 0.5) is 4.70 Å². The minimum absolute atomic E-state index is 0. The molecule has 1 heterocycles. The van der Waals surface area contributed by atoms with Crippen molar-refractivity contribution in [3.63, 3.8) is 0 Å². The normalized spacial score (nSPS) is 6.86. The summed E-state index contributed by atoms with van der Waals surface area (Å²) < 4.78 is 0. The fraction of sp³-hybridized carbons (Fsp3) is 0. The van der Waals surface area contributed by atoms with Gasteiger partial charge in [0.25, 0.3) is 0 Å². The molecule has 0 radical (unpaired) electrons. The van der Waals surface area contributed by atoms with Gasteiger partial charge in [-0.15, -0.1) is 0 Å². The van der Waals surface area contributed by atoms with Gasteiger partial charge in [-0.2, -0.15) is 10.2 Å². The van der Waals surface area contributed by atoms with Gasteiger partial charge in [-0.1, -0.05) is 0 Å². The monoisotopic (exact) mass is 100 g/mol. The summed E-state index contributed by atoms with van der Waals surface area (Å²) in [4.78, 5) is 0. The zero-order valence-corrected chi connectivity index (χ0v) is 3.61. The van der Waals surface area contributed by atoms with Crippen molar-refractivity contribution < 1.29 is 4.70 Å². The third-order valence-electron chi connectivity index (χ3n) is 0.483. The van der Waals surface area contributed by atoms with E-state index in [9.17, 15) is 0 Å². The van der Waals surface area contributed by atoms with Gasteiger partial charge in [0, 0.05) is 12.4 Å². The van der Waals surface area contributed by atoms with E-state index in [1.54, 1.807) is 12.4 Å². The van der Waals surface area contributed by atoms with Crippen LogP contribution in [0, 0.1) is 0 Å². The Kier molecular flexibility index (Phi) is 2.76. The summed E-state index contributed by atoms with van der Waals surface area (Å²) in [6.07, 6.45) is 3.28. The maximum Gasteiger partial charge on any atom is 0.0496 e. The standard InChI is InChI=1S/C4H4N2.FH/c1-2-4-6-5-3-1;/h1-4H;1H. The predicted octanol–water partition coefficient (Wildman–Crippen LogP) is 0.629. The summed E-state index contributed by atoms with van der Waals surface area (Å²) in [7, 11) is 0. The van der Waals surface area contributed by atoms with E-state index in [0.717, 1.165) is 0 Å². The Labute approximate surface area is 40.6 Å². The van der Waals surface area contributed by atoms with Gasteiger partial charge in [-0.05, 0) is 12.1 Å². The maximum atomic E-state index is 3.53. The smallest absolute Gasteiger partial charge is 0.0496 e. The summed E-state index contributed by atoms with van der Waals surface area (Å²) in [5.41, 5.74) is 0. The van der Waals surface area contributed by atoms with Crippen LogP contribution in [0.25, 0.3) is 0 Å². The Morgan fingerprint density at radius 1 is 0.857 bits per heavy atom. The first kappa shape index (κ1) is 6.01. The number of halogens is 1. The molecule has 0 aliphatic heterocycles. The van der Waals surface area contributed by atoms with Gasteiger partial charge in [-0.25, -0.2) is 0 Å². The van der Waals surface area contributed by atoms with Crippen molar-refractivity contribution in [2.45, 2.75) is 0 Å². The average molecular weight is 100 g/mol. The Hall–Kier alpha value is -0.990. The van der Waals surface area contributed by atoms with Crippen molar-refractivity contribution in [3.8, 4) is 0 Å². The average Bonchev–Trinajstić information content (AvgIpc) is 1.72. The largest absolute Gasteiger partial charge is 0.269 e. The second kappa shape index (κ2) is 3.21. The molecular formula is C4H5FN2. The van der Waals surface area contributed by atoms with Crippen molar-refractivity contribution in [3.05, 3.63) is 24.5 Å². The first-order valence-corrected chi connectivity index (χ1v) is 1.72. The fourth-order valence-electron chi connectivity index (χ4n) is 0.253. The topological polar surface area (TPSA) is 25.8 Å². The Morgan fingerprint density at radius 3 is 1.43 bits per heavy atom. The molecule has 0 bridgehead atoms. The quantitative estimate of drug-likeness (QED) is 0.477. The first-order valence-electron chi connectivity index (χ1n) is 1.72. The molecule has 2 nitrogen and oxygen atoms in total. The number of aromatic nitrogens is 2. The summed E-state index contributed by atoms with van der Waals surface area (Å²) in [6.45, 7) is 0. The lowest BCUT2D eigenvalue weighted by molar-refractivity contribution is 1.03. The SMILES string of the molecule is F.c1ccnnc1. The number of hydrogen-bond donors (Lipinski definition) is 0. The molecule has 0 saturated heterocycles. The van der Waals surface area contributed by atoms with Crippen LogP contribution >= 0.6 is 0 Å². The molecule has 1 aromatic heterocycles. The first-order chi connectivity index (χ1) is 3.00. The second-order valence-electron chi connectivity index (χ2n) is 0.914. The van der Waals surface area contributed by atoms with E-state index in [0.29, 0.717) is 0 Å². The molecule has 0 aliphatic carbocycles. The number of rotatable bonds is 0. The minimum Gasteiger partial charge on any atom is -0.269 e. The molecule has 1 rings (SSSR count). The highest BCUT2D eigenvalue weighted by atomic mass is 19.0. The van der Waals surface area contributed by atoms with Crippen molar-refractivity contribution >= 4 is 0 Å². The number of hydrogen-bond acceptors (Lipinski definition) is 2. The van der Waals surface area contributed by atoms with Crippen molar-refractivity contribution in [2.75, 3.05) is 0 Å². The molecule has 0 amide bonds. The van der Waals surface area contributed by atoms with Crippen LogP contribution in [0.3, 0.4) is 0 Å². The van der Waals surface area contributed by atoms with Gasteiger partial charge in [0.1, 0.15) is 0 Å². The van der Waals surface area contributed by atoms with Crippen molar-refractivity contribution in [2.24, 2.45) is 0 Å². The molecule has 0 aromatic carbocycles. The van der Waals surface area contributed by atoms with Gasteiger partial charge >= 0.3 is 0 Å². The van der Waals surface area contributed by atoms with Gasteiger partial charge in [-0.3, -0.25) is 4.70 Å². The molecule has 1 aromatic rings. The summed E-state index contributed by atoms with van der Waals surface area (Å²) in [5.74, 6) is 0. The van der Waals surface area contributed by atoms with E-state index in [2.05, 4.69) is 10.2 Å². The van der Waals surface area contributed by atoms with E-state index in [1.807, 2.05) is 12.1 Å². The third kappa shape index (κ3) is 1.81. The Morgan fingerprint density at radius 2 is 1.29 bits per heavy atom. The lowest BCUT2D eigenvalue weighted by Crippen LogP contribution is -1.69. The highest BCUT2D eigenvalue weighted by Crippen LogP contribution is 1.68. The molecule has 0 fully saturated rings. The predicted molar refractivity (Wildman–Crippen MR) is 24.5 cm³/mol. The zero-order valence-electron chi connectivity index (χ0n) is 3.61. The highest BCUT2D eigenvalue weighted by Gasteiger charge is 1.59. The van der Waals surface area contributed by atoms with E-state index < -0.39 is 0 Å². The summed E-state index contributed by atoms with van der Waals surface area (Å²) >= 11 is 0. The molecule has 0 N–H and O–H groups in total. The van der Waals surface area contributed by atoms with Gasteiger partial charge in [0.2, 0.25) is 0 Å². The van der Waals surface area contributed by atoms with Crippen LogP contribution in [-0.4, -0.2) is 10.2 Å².